The molecule has 0 spiro atoms. The number of carbonyl (C=O) groups excluding carboxylic acids is 5. The lowest BCUT2D eigenvalue weighted by Gasteiger charge is -2.34. The van der Waals surface area contributed by atoms with Crippen molar-refractivity contribution in [1.29, 1.82) is 0 Å². The van der Waals surface area contributed by atoms with Crippen molar-refractivity contribution in [3.8, 4) is 0 Å². The first-order chi connectivity index (χ1) is 17.7. The number of imide groups is 1. The van der Waals surface area contributed by atoms with Gasteiger partial charge in [-0.15, -0.1) is 6.58 Å². The SMILES string of the molecule is C=CCN1CCC[C@H]1C(=O)N(C(=O)CNC(=O)OC(C)(C)C)[C@@H](CCC(=O)OC(C)(C)C)C(=O)OC(C)(C)C. The summed E-state index contributed by atoms with van der Waals surface area (Å²) in [5.74, 6) is -2.85. The number of ether oxygens (including phenoxy) is 3. The first-order valence-corrected chi connectivity index (χ1v) is 13.4. The van der Waals surface area contributed by atoms with Crippen molar-refractivity contribution in [2.45, 2.75) is 117 Å². The molecule has 0 unspecified atom stereocenters. The molecule has 222 valence electrons. The van der Waals surface area contributed by atoms with Crippen molar-refractivity contribution in [3.05, 3.63) is 12.7 Å². The number of hydrogen-bond acceptors (Lipinski definition) is 9. The fraction of sp³-hybridized carbons (Fsp3) is 0.750. The molecule has 11 nitrogen and oxygen atoms in total. The van der Waals surface area contributed by atoms with E-state index < -0.39 is 65.3 Å². The van der Waals surface area contributed by atoms with Gasteiger partial charge < -0.3 is 19.5 Å². The van der Waals surface area contributed by atoms with Crippen molar-refractivity contribution < 1.29 is 38.2 Å². The summed E-state index contributed by atoms with van der Waals surface area (Å²) >= 11 is 0. The molecule has 1 saturated heterocycles. The number of hydrogen-bond donors (Lipinski definition) is 1. The van der Waals surface area contributed by atoms with Crippen molar-refractivity contribution in [2.75, 3.05) is 19.6 Å². The molecule has 0 aromatic rings. The van der Waals surface area contributed by atoms with Gasteiger partial charge in [-0.2, -0.15) is 0 Å². The van der Waals surface area contributed by atoms with Crippen LogP contribution in [0, 0.1) is 0 Å². The maximum absolute atomic E-state index is 13.9. The molecule has 1 fully saturated rings. The predicted octanol–water partition coefficient (Wildman–Crippen LogP) is 3.35. The van der Waals surface area contributed by atoms with E-state index in [1.807, 2.05) is 4.90 Å². The molecule has 0 aromatic heterocycles. The number of likely N-dealkylation sites (tertiary alicyclic amines) is 1. The van der Waals surface area contributed by atoms with Crippen LogP contribution in [0.3, 0.4) is 0 Å². The van der Waals surface area contributed by atoms with Gasteiger partial charge in [-0.05, 0) is 88.1 Å². The zero-order chi connectivity index (χ0) is 30.2. The summed E-state index contributed by atoms with van der Waals surface area (Å²) in [6.07, 6.45) is 1.57. The highest BCUT2D eigenvalue weighted by Crippen LogP contribution is 2.24. The van der Waals surface area contributed by atoms with E-state index in [0.29, 0.717) is 19.5 Å². The number of nitrogens with one attached hydrogen (secondary N) is 1. The number of nitrogens with zero attached hydrogens (tertiary/aromatic N) is 2. The molecule has 1 N–H and O–H groups in total. The molecular formula is C28H47N3O8. The van der Waals surface area contributed by atoms with Gasteiger partial charge in [0, 0.05) is 13.0 Å². The van der Waals surface area contributed by atoms with Gasteiger partial charge in [0.05, 0.1) is 6.04 Å². The molecule has 0 bridgehead atoms. The summed E-state index contributed by atoms with van der Waals surface area (Å²) in [6.45, 7) is 19.3. The van der Waals surface area contributed by atoms with Gasteiger partial charge in [0.15, 0.2) is 0 Å². The van der Waals surface area contributed by atoms with Gasteiger partial charge in [0.2, 0.25) is 11.8 Å². The highest BCUT2D eigenvalue weighted by atomic mass is 16.6. The normalized spacial score (nSPS) is 17.1. The highest BCUT2D eigenvalue weighted by Gasteiger charge is 2.43. The summed E-state index contributed by atoms with van der Waals surface area (Å²) in [7, 11) is 0. The average molecular weight is 554 g/mol. The Balaban J connectivity index is 3.38. The molecule has 11 heteroatoms. The minimum atomic E-state index is -1.41. The molecule has 0 aliphatic carbocycles. The summed E-state index contributed by atoms with van der Waals surface area (Å²) in [5, 5.41) is 2.36. The highest BCUT2D eigenvalue weighted by molar-refractivity contribution is 6.03. The van der Waals surface area contributed by atoms with Crippen LogP contribution in [0.15, 0.2) is 12.7 Å². The second kappa shape index (κ2) is 13.9. The van der Waals surface area contributed by atoms with Gasteiger partial charge in [0.25, 0.3) is 0 Å². The van der Waals surface area contributed by atoms with E-state index in [1.54, 1.807) is 68.4 Å². The maximum Gasteiger partial charge on any atom is 0.408 e. The molecule has 1 rings (SSSR count). The first-order valence-electron chi connectivity index (χ1n) is 13.4. The van der Waals surface area contributed by atoms with Crippen LogP contribution in [0.5, 0.6) is 0 Å². The summed E-state index contributed by atoms with van der Waals surface area (Å²) < 4.78 is 16.1. The van der Waals surface area contributed by atoms with E-state index in [4.69, 9.17) is 14.2 Å². The third-order valence-corrected chi connectivity index (χ3v) is 5.33. The van der Waals surface area contributed by atoms with E-state index in [1.165, 1.54) is 0 Å². The zero-order valence-electron chi connectivity index (χ0n) is 25.0. The van der Waals surface area contributed by atoms with Crippen molar-refractivity contribution >= 4 is 29.8 Å². The molecule has 0 aromatic carbocycles. The minimum Gasteiger partial charge on any atom is -0.460 e. The lowest BCUT2D eigenvalue weighted by atomic mass is 10.1. The summed E-state index contributed by atoms with van der Waals surface area (Å²) in [4.78, 5) is 68.3. The standard InChI is InChI=1S/C28H47N3O8/c1-11-16-30-17-12-13-19(30)23(34)31(21(32)18-29-25(36)39-28(8,9)10)20(24(35)38-27(5,6)7)14-15-22(33)37-26(2,3)4/h11,19-20H,1,12-18H2,2-10H3,(H,29,36)/t19-,20-/m0/s1. The predicted molar refractivity (Wildman–Crippen MR) is 146 cm³/mol. The molecule has 0 saturated carbocycles. The van der Waals surface area contributed by atoms with Crippen LogP contribution in [0.2, 0.25) is 0 Å². The zero-order valence-corrected chi connectivity index (χ0v) is 25.0. The molecule has 2 atom stereocenters. The van der Waals surface area contributed by atoms with Crippen molar-refractivity contribution in [3.63, 3.8) is 0 Å². The van der Waals surface area contributed by atoms with E-state index in [2.05, 4.69) is 11.9 Å². The smallest absolute Gasteiger partial charge is 0.408 e. The first kappa shape index (κ1) is 34.1. The Labute approximate surface area is 232 Å². The van der Waals surface area contributed by atoms with Gasteiger partial charge in [-0.25, -0.2) is 9.59 Å². The van der Waals surface area contributed by atoms with Crippen molar-refractivity contribution in [2.24, 2.45) is 0 Å². The van der Waals surface area contributed by atoms with Crippen LogP contribution in [0.1, 0.15) is 88.0 Å². The maximum atomic E-state index is 13.9. The van der Waals surface area contributed by atoms with E-state index in [-0.39, 0.29) is 12.8 Å². The van der Waals surface area contributed by atoms with E-state index in [9.17, 15) is 24.0 Å². The lowest BCUT2D eigenvalue weighted by molar-refractivity contribution is -0.171. The molecular weight excluding hydrogens is 506 g/mol. The molecule has 39 heavy (non-hydrogen) atoms. The van der Waals surface area contributed by atoms with Crippen molar-refractivity contribution in [1.82, 2.24) is 15.1 Å². The Bertz CT molecular complexity index is 911. The van der Waals surface area contributed by atoms with Gasteiger partial charge in [-0.1, -0.05) is 6.08 Å². The van der Waals surface area contributed by atoms with E-state index in [0.717, 1.165) is 11.3 Å². The largest absolute Gasteiger partial charge is 0.460 e. The topological polar surface area (TPSA) is 132 Å². The third-order valence-electron chi connectivity index (χ3n) is 5.33. The monoisotopic (exact) mass is 553 g/mol. The molecule has 1 heterocycles. The number of carbonyl (C=O) groups is 5. The third kappa shape index (κ3) is 12.6. The quantitative estimate of drug-likeness (QED) is 0.246. The van der Waals surface area contributed by atoms with Gasteiger partial charge >= 0.3 is 18.0 Å². The Morgan fingerprint density at radius 3 is 2.03 bits per heavy atom. The molecule has 3 amide bonds. The Kier molecular flexibility index (Phi) is 12.2. The average Bonchev–Trinajstić information content (AvgIpc) is 3.19. The minimum absolute atomic E-state index is 0.206. The molecule has 0 radical (unpaired) electrons. The Morgan fingerprint density at radius 2 is 1.51 bits per heavy atom. The second-order valence-corrected chi connectivity index (χ2v) is 12.6. The fourth-order valence-electron chi connectivity index (χ4n) is 4.02. The van der Waals surface area contributed by atoms with Crippen LogP contribution < -0.4 is 5.32 Å². The van der Waals surface area contributed by atoms with Crippen LogP contribution in [0.25, 0.3) is 0 Å². The second-order valence-electron chi connectivity index (χ2n) is 12.6. The summed E-state index contributed by atoms with van der Waals surface area (Å²) in [6, 6.07) is -2.09. The number of rotatable bonds is 10. The van der Waals surface area contributed by atoms with Crippen LogP contribution in [-0.4, -0.2) is 88.2 Å². The fourth-order valence-corrected chi connectivity index (χ4v) is 4.02. The number of alkyl carbamates (subject to hydrolysis) is 1. The van der Waals surface area contributed by atoms with Crippen LogP contribution in [-0.2, 0) is 33.4 Å². The molecule has 1 aliphatic heterocycles. The van der Waals surface area contributed by atoms with Gasteiger partial charge in [-0.3, -0.25) is 24.2 Å². The molecule has 1 aliphatic rings. The van der Waals surface area contributed by atoms with E-state index >= 15 is 0 Å². The van der Waals surface area contributed by atoms with Gasteiger partial charge in [0.1, 0.15) is 29.4 Å². The number of amides is 3. The Morgan fingerprint density at radius 1 is 0.949 bits per heavy atom. The van der Waals surface area contributed by atoms with Crippen LogP contribution in [0.4, 0.5) is 4.79 Å². The summed E-state index contributed by atoms with van der Waals surface area (Å²) in [5.41, 5.74) is -2.48. The Hall–Kier alpha value is -2.95. The lowest BCUT2D eigenvalue weighted by Crippen LogP contribution is -2.57. The van der Waals surface area contributed by atoms with Crippen LogP contribution >= 0.6 is 0 Å². The number of esters is 2.